The highest BCUT2D eigenvalue weighted by molar-refractivity contribution is 5.76. The molecule has 6 nitrogen and oxygen atoms in total. The number of nitrogens with one attached hydrogen (secondary N) is 1. The molecule has 3 N–H and O–H groups in total. The number of hydrogen-bond acceptors (Lipinski definition) is 5. The van der Waals surface area contributed by atoms with Crippen LogP contribution in [0, 0.1) is 0 Å². The van der Waals surface area contributed by atoms with Gasteiger partial charge in [0.25, 0.3) is 0 Å². The van der Waals surface area contributed by atoms with Crippen LogP contribution in [0.25, 0.3) is 0 Å². The number of amides is 1. The molecule has 456 valence electrons. The molecule has 6 heteroatoms. The van der Waals surface area contributed by atoms with E-state index in [-0.39, 0.29) is 18.5 Å². The van der Waals surface area contributed by atoms with E-state index in [1.807, 2.05) is 6.08 Å². The maximum Gasteiger partial charge on any atom is 0.305 e. The molecular weight excluding hydrogens is 947 g/mol. The zero-order valence-electron chi connectivity index (χ0n) is 52.2. The first-order valence-electron chi connectivity index (χ1n) is 35.1. The van der Waals surface area contributed by atoms with Crippen molar-refractivity contribution < 1.29 is 24.5 Å². The molecule has 0 aliphatic carbocycles. The first kappa shape index (κ1) is 75.3. The predicted octanol–water partition coefficient (Wildman–Crippen LogP) is 22.5. The van der Waals surface area contributed by atoms with Crippen molar-refractivity contribution in [1.29, 1.82) is 0 Å². The van der Waals surface area contributed by atoms with Crippen molar-refractivity contribution in [3.8, 4) is 0 Å². The van der Waals surface area contributed by atoms with Gasteiger partial charge in [0.05, 0.1) is 25.4 Å². The first-order chi connectivity index (χ1) is 38.0. The fourth-order valence-electron chi connectivity index (χ4n) is 11.1. The number of aliphatic hydroxyl groups is 2. The molecule has 0 spiro atoms. The molecule has 0 bridgehead atoms. The SMILES string of the molecule is CCCCCCC/C=C\CCCCCCCC(=O)OCCCCCCCCCCCCCCCCCCCCCCCCCCCC(=O)NC(CO)C(O)/C=C/CCCCCCCCCCCCCCCCCCCCC. The summed E-state index contributed by atoms with van der Waals surface area (Å²) < 4.78 is 5.49. The van der Waals surface area contributed by atoms with Crippen molar-refractivity contribution in [1.82, 2.24) is 5.32 Å². The lowest BCUT2D eigenvalue weighted by molar-refractivity contribution is -0.143. The fourth-order valence-corrected chi connectivity index (χ4v) is 11.1. The van der Waals surface area contributed by atoms with Gasteiger partial charge in [-0.15, -0.1) is 0 Å². The summed E-state index contributed by atoms with van der Waals surface area (Å²) in [5.74, 6) is -0.0541. The van der Waals surface area contributed by atoms with E-state index in [1.54, 1.807) is 6.08 Å². The Kier molecular flexibility index (Phi) is 65.4. The van der Waals surface area contributed by atoms with Crippen LogP contribution in [0.2, 0.25) is 0 Å². The molecule has 0 heterocycles. The van der Waals surface area contributed by atoms with Gasteiger partial charge in [0.15, 0.2) is 0 Å². The Morgan fingerprint density at radius 2 is 0.610 bits per heavy atom. The van der Waals surface area contributed by atoms with Crippen LogP contribution in [0.15, 0.2) is 24.3 Å². The fraction of sp³-hybridized carbons (Fsp3) is 0.915. The van der Waals surface area contributed by atoms with Gasteiger partial charge in [-0.1, -0.05) is 346 Å². The number of carbonyl (C=O) groups is 2. The van der Waals surface area contributed by atoms with Crippen molar-refractivity contribution >= 4 is 11.9 Å². The molecule has 0 radical (unpaired) electrons. The number of carbonyl (C=O) groups excluding carboxylic acids is 2. The van der Waals surface area contributed by atoms with E-state index < -0.39 is 12.1 Å². The highest BCUT2D eigenvalue weighted by Gasteiger charge is 2.18. The summed E-state index contributed by atoms with van der Waals surface area (Å²) in [6.45, 7) is 4.93. The Labute approximate surface area is 481 Å². The van der Waals surface area contributed by atoms with Crippen molar-refractivity contribution in [2.75, 3.05) is 13.2 Å². The normalized spacial score (nSPS) is 12.6. The molecule has 0 aromatic heterocycles. The maximum atomic E-state index is 12.5. The average molecular weight is 1080 g/mol. The number of rotatable bonds is 66. The van der Waals surface area contributed by atoms with Crippen LogP contribution < -0.4 is 5.32 Å². The van der Waals surface area contributed by atoms with Crippen molar-refractivity contribution in [2.45, 2.75) is 405 Å². The summed E-state index contributed by atoms with van der Waals surface area (Å²) in [4.78, 5) is 24.6. The molecule has 0 fully saturated rings. The molecule has 0 saturated heterocycles. The van der Waals surface area contributed by atoms with E-state index in [4.69, 9.17) is 4.74 Å². The number of esters is 1. The van der Waals surface area contributed by atoms with Crippen molar-refractivity contribution in [2.24, 2.45) is 0 Å². The third kappa shape index (κ3) is 63.4. The van der Waals surface area contributed by atoms with Crippen LogP contribution in [0.5, 0.6) is 0 Å². The molecule has 0 aliphatic heterocycles. The van der Waals surface area contributed by atoms with Crippen LogP contribution in [-0.4, -0.2) is 47.4 Å². The summed E-state index contributed by atoms with van der Waals surface area (Å²) in [6, 6.07) is -0.627. The van der Waals surface area contributed by atoms with E-state index in [2.05, 4.69) is 31.3 Å². The molecule has 77 heavy (non-hydrogen) atoms. The lowest BCUT2D eigenvalue weighted by Gasteiger charge is -2.20. The van der Waals surface area contributed by atoms with Gasteiger partial charge in [0, 0.05) is 12.8 Å². The number of aliphatic hydroxyl groups excluding tert-OH is 2. The quantitative estimate of drug-likeness (QED) is 0.0320. The number of ether oxygens (including phenoxy) is 1. The Balaban J connectivity index is 3.39. The highest BCUT2D eigenvalue weighted by Crippen LogP contribution is 2.19. The number of hydrogen-bond donors (Lipinski definition) is 3. The largest absolute Gasteiger partial charge is 0.466 e. The molecule has 1 amide bonds. The van der Waals surface area contributed by atoms with Crippen LogP contribution in [0.1, 0.15) is 393 Å². The van der Waals surface area contributed by atoms with Crippen molar-refractivity contribution in [3.63, 3.8) is 0 Å². The molecule has 2 unspecified atom stereocenters. The zero-order chi connectivity index (χ0) is 55.7. The third-order valence-electron chi connectivity index (χ3n) is 16.5. The molecule has 0 saturated carbocycles. The minimum absolute atomic E-state index is 0.00813. The lowest BCUT2D eigenvalue weighted by atomic mass is 10.0. The molecular formula is C71H137NO5. The van der Waals surface area contributed by atoms with Gasteiger partial charge in [-0.3, -0.25) is 9.59 Å². The smallest absolute Gasteiger partial charge is 0.305 e. The monoisotopic (exact) mass is 1080 g/mol. The minimum atomic E-state index is -0.844. The summed E-state index contributed by atoms with van der Waals surface area (Å²) in [5.41, 5.74) is 0. The maximum absolute atomic E-state index is 12.5. The van der Waals surface area contributed by atoms with Crippen molar-refractivity contribution in [3.05, 3.63) is 24.3 Å². The van der Waals surface area contributed by atoms with E-state index in [9.17, 15) is 19.8 Å². The minimum Gasteiger partial charge on any atom is -0.466 e. The second-order valence-corrected chi connectivity index (χ2v) is 24.2. The van der Waals surface area contributed by atoms with Crippen LogP contribution in [-0.2, 0) is 14.3 Å². The topological polar surface area (TPSA) is 95.9 Å². The van der Waals surface area contributed by atoms with Crippen LogP contribution in [0.4, 0.5) is 0 Å². The van der Waals surface area contributed by atoms with Gasteiger partial charge in [-0.25, -0.2) is 0 Å². The highest BCUT2D eigenvalue weighted by atomic mass is 16.5. The Morgan fingerprint density at radius 1 is 0.351 bits per heavy atom. The van der Waals surface area contributed by atoms with E-state index in [1.165, 1.54) is 321 Å². The third-order valence-corrected chi connectivity index (χ3v) is 16.5. The summed E-state index contributed by atoms with van der Waals surface area (Å²) in [6.07, 6.45) is 83.9. The first-order valence-corrected chi connectivity index (χ1v) is 35.1. The van der Waals surface area contributed by atoms with Gasteiger partial charge in [0.1, 0.15) is 0 Å². The van der Waals surface area contributed by atoms with Crippen LogP contribution in [0.3, 0.4) is 0 Å². The van der Waals surface area contributed by atoms with Gasteiger partial charge < -0.3 is 20.3 Å². The number of unbranched alkanes of at least 4 members (excludes halogenated alkanes) is 53. The Hall–Kier alpha value is -1.66. The molecule has 0 aliphatic rings. The Morgan fingerprint density at radius 3 is 0.922 bits per heavy atom. The Bertz CT molecular complexity index is 1200. The van der Waals surface area contributed by atoms with E-state index in [0.717, 1.165) is 44.9 Å². The molecule has 0 aromatic carbocycles. The second kappa shape index (κ2) is 66.8. The summed E-state index contributed by atoms with van der Waals surface area (Å²) >= 11 is 0. The zero-order valence-corrected chi connectivity index (χ0v) is 52.2. The van der Waals surface area contributed by atoms with Gasteiger partial charge in [-0.05, 0) is 57.8 Å². The summed E-state index contributed by atoms with van der Waals surface area (Å²) in [7, 11) is 0. The van der Waals surface area contributed by atoms with Gasteiger partial charge >= 0.3 is 5.97 Å². The van der Waals surface area contributed by atoms with Crippen LogP contribution >= 0.6 is 0 Å². The van der Waals surface area contributed by atoms with Gasteiger partial charge in [-0.2, -0.15) is 0 Å². The molecule has 2 atom stereocenters. The molecule has 0 aromatic rings. The average Bonchev–Trinajstić information content (AvgIpc) is 3.43. The predicted molar refractivity (Wildman–Crippen MR) is 338 cm³/mol. The van der Waals surface area contributed by atoms with E-state index >= 15 is 0 Å². The number of allylic oxidation sites excluding steroid dienone is 3. The standard InChI is InChI=1S/C71H137NO5/c1-3-5-7-9-11-13-15-17-19-20-21-27-30-33-36-39-43-47-51-55-59-63-69(74)68(67-73)72-70(75)64-60-56-52-48-44-40-37-34-31-28-25-23-22-24-26-29-32-35-38-42-46-50-54-58-62-66-77-71(76)65-61-57-53-49-45-41-18-16-14-12-10-8-6-4-2/h16,18,59,63,68-69,73-74H,3-15,17,19-58,60-62,64-67H2,1-2H3,(H,72,75)/b18-16-,63-59+. The van der Waals surface area contributed by atoms with E-state index in [0.29, 0.717) is 19.4 Å². The van der Waals surface area contributed by atoms with Gasteiger partial charge in [0.2, 0.25) is 5.91 Å². The summed E-state index contributed by atoms with van der Waals surface area (Å²) in [5, 5.41) is 23.3. The molecule has 0 rings (SSSR count). The lowest BCUT2D eigenvalue weighted by Crippen LogP contribution is -2.45. The second-order valence-electron chi connectivity index (χ2n) is 24.2.